The summed E-state index contributed by atoms with van der Waals surface area (Å²) in [7, 11) is 0. The number of nitrogens with one attached hydrogen (secondary N) is 2. The lowest BCUT2D eigenvalue weighted by Gasteiger charge is -2.40. The minimum absolute atomic E-state index is 0.0355. The van der Waals surface area contributed by atoms with Gasteiger partial charge < -0.3 is 24.6 Å². The Morgan fingerprint density at radius 3 is 2.30 bits per heavy atom. The highest BCUT2D eigenvalue weighted by molar-refractivity contribution is 7.99. The van der Waals surface area contributed by atoms with E-state index in [2.05, 4.69) is 30.3 Å². The highest BCUT2D eigenvalue weighted by Crippen LogP contribution is 2.46. The molecule has 1 atom stereocenters. The molecule has 3 saturated heterocycles. The van der Waals surface area contributed by atoms with E-state index in [1.54, 1.807) is 12.1 Å². The van der Waals surface area contributed by atoms with Gasteiger partial charge in [-0.15, -0.1) is 0 Å². The topological polar surface area (TPSA) is 180 Å². The Morgan fingerprint density at radius 2 is 1.55 bits per heavy atom. The molecule has 4 fully saturated rings. The number of hydrogen-bond acceptors (Lipinski definition) is 14. The van der Waals surface area contributed by atoms with Crippen LogP contribution in [0.15, 0.2) is 58.5 Å². The summed E-state index contributed by atoms with van der Waals surface area (Å²) in [6.45, 7) is 7.42. The molecule has 3 aromatic rings. The van der Waals surface area contributed by atoms with Crippen molar-refractivity contribution in [1.29, 1.82) is 0 Å². The van der Waals surface area contributed by atoms with Crippen molar-refractivity contribution >= 4 is 58.3 Å². The van der Waals surface area contributed by atoms with Gasteiger partial charge in [-0.1, -0.05) is 11.8 Å². The standard InChI is InChI=1S/C39H42N8O8S/c48-35-6-5-32(37(49)42-35)46-38(50)29-3-1-23(17-30(29)39(46)51)45-15-13-44(14-16-45)12-11-43-9-7-25(8-10-43)54-27-19-28(20-27)55-26-2-4-31-33(21-26)56-34-18-24(47(52)53)22-40-36(34)41-31/h1-4,17-18,21-22,25,27-28,32H,5-16,19-20H2,(H,40,41)(H,42,48,49)/t27-,28-,32?. The highest BCUT2D eigenvalue weighted by Gasteiger charge is 2.45. The first-order valence-electron chi connectivity index (χ1n) is 19.3. The Labute approximate surface area is 327 Å². The lowest BCUT2D eigenvalue weighted by atomic mass is 9.91. The second-order valence-electron chi connectivity index (χ2n) is 15.2. The highest BCUT2D eigenvalue weighted by atomic mass is 32.2. The lowest BCUT2D eigenvalue weighted by molar-refractivity contribution is -0.385. The van der Waals surface area contributed by atoms with Crippen molar-refractivity contribution < 1.29 is 33.6 Å². The maximum absolute atomic E-state index is 13.3. The van der Waals surface area contributed by atoms with Crippen molar-refractivity contribution in [3.05, 3.63) is 69.9 Å². The van der Waals surface area contributed by atoms with Crippen LogP contribution in [0.4, 0.5) is 22.9 Å². The van der Waals surface area contributed by atoms with E-state index in [1.807, 2.05) is 24.3 Å². The minimum atomic E-state index is -0.968. The number of piperazine rings is 1. The third-order valence-electron chi connectivity index (χ3n) is 11.6. The van der Waals surface area contributed by atoms with Crippen LogP contribution in [0.3, 0.4) is 0 Å². The molecule has 4 amide bonds. The number of aromatic nitrogens is 1. The smallest absolute Gasteiger partial charge is 0.288 e. The molecule has 1 saturated carbocycles. The zero-order valence-corrected chi connectivity index (χ0v) is 31.5. The number of carbonyl (C=O) groups excluding carboxylic acids is 4. The third kappa shape index (κ3) is 7.31. The van der Waals surface area contributed by atoms with Crippen LogP contribution in [0, 0.1) is 10.1 Å². The maximum Gasteiger partial charge on any atom is 0.288 e. The van der Waals surface area contributed by atoms with Crippen LogP contribution in [0.1, 0.15) is 59.2 Å². The van der Waals surface area contributed by atoms with E-state index in [0.29, 0.717) is 21.8 Å². The third-order valence-corrected chi connectivity index (χ3v) is 12.7. The van der Waals surface area contributed by atoms with Crippen molar-refractivity contribution in [2.24, 2.45) is 0 Å². The molecule has 1 unspecified atom stereocenters. The quantitative estimate of drug-likeness (QED) is 0.135. The number of nitro groups is 1. The van der Waals surface area contributed by atoms with Gasteiger partial charge in [0, 0.05) is 88.3 Å². The van der Waals surface area contributed by atoms with Crippen molar-refractivity contribution in [3.8, 4) is 5.75 Å². The van der Waals surface area contributed by atoms with Crippen molar-refractivity contribution in [2.75, 3.05) is 62.6 Å². The van der Waals surface area contributed by atoms with E-state index < -0.39 is 34.6 Å². The number of carbonyl (C=O) groups is 4. The van der Waals surface area contributed by atoms with Gasteiger partial charge in [-0.25, -0.2) is 4.98 Å². The fourth-order valence-corrected chi connectivity index (χ4v) is 9.36. The molecule has 16 nitrogen and oxygen atoms in total. The molecule has 6 aliphatic rings. The monoisotopic (exact) mass is 782 g/mol. The number of fused-ring (bicyclic) bond motifs is 3. The van der Waals surface area contributed by atoms with E-state index in [0.717, 1.165) is 105 Å². The largest absolute Gasteiger partial charge is 0.490 e. The average molecular weight is 783 g/mol. The number of rotatable bonds is 10. The van der Waals surface area contributed by atoms with E-state index in [-0.39, 0.29) is 36.8 Å². The van der Waals surface area contributed by atoms with Gasteiger partial charge in [0.05, 0.1) is 38.8 Å². The molecule has 0 spiro atoms. The maximum atomic E-state index is 13.3. The average Bonchev–Trinajstić information content (AvgIpc) is 3.43. The molecule has 2 N–H and O–H groups in total. The van der Waals surface area contributed by atoms with Gasteiger partial charge in [0.2, 0.25) is 11.8 Å². The first-order valence-corrected chi connectivity index (χ1v) is 20.1. The summed E-state index contributed by atoms with van der Waals surface area (Å²) in [5.74, 6) is -0.579. The molecule has 292 valence electrons. The first-order chi connectivity index (χ1) is 27.1. The number of nitrogens with zero attached hydrogens (tertiary/aromatic N) is 6. The van der Waals surface area contributed by atoms with Crippen LogP contribution < -0.4 is 20.3 Å². The number of benzene rings is 2. The predicted octanol–water partition coefficient (Wildman–Crippen LogP) is 3.81. The summed E-state index contributed by atoms with van der Waals surface area (Å²) in [6.07, 6.45) is 5.79. The predicted molar refractivity (Wildman–Crippen MR) is 204 cm³/mol. The Morgan fingerprint density at radius 1 is 0.804 bits per heavy atom. The molecular formula is C39H42N8O8S. The van der Waals surface area contributed by atoms with Crippen molar-refractivity contribution in [3.63, 3.8) is 0 Å². The van der Waals surface area contributed by atoms with Crippen LogP contribution in [0.2, 0.25) is 0 Å². The number of hydrogen-bond donors (Lipinski definition) is 2. The Kier molecular flexibility index (Phi) is 9.85. The lowest BCUT2D eigenvalue weighted by Crippen LogP contribution is -2.54. The van der Waals surface area contributed by atoms with Crippen molar-refractivity contribution in [2.45, 2.75) is 72.7 Å². The molecule has 56 heavy (non-hydrogen) atoms. The van der Waals surface area contributed by atoms with Crippen LogP contribution in [0.5, 0.6) is 5.75 Å². The number of anilines is 3. The molecule has 5 aliphatic heterocycles. The zero-order valence-electron chi connectivity index (χ0n) is 30.7. The van der Waals surface area contributed by atoms with E-state index in [9.17, 15) is 29.3 Å². The number of imide groups is 2. The normalized spacial score (nSPS) is 24.2. The second kappa shape index (κ2) is 15.1. The number of piperidine rings is 2. The van der Waals surface area contributed by atoms with Crippen LogP contribution in [-0.2, 0) is 14.3 Å². The fraction of sp³-hybridized carbons (Fsp3) is 0.462. The molecule has 17 heteroatoms. The molecular weight excluding hydrogens is 741 g/mol. The van der Waals surface area contributed by atoms with E-state index >= 15 is 0 Å². The molecule has 2 aromatic carbocycles. The van der Waals surface area contributed by atoms with Crippen LogP contribution in [0.25, 0.3) is 0 Å². The molecule has 9 rings (SSSR count). The van der Waals surface area contributed by atoms with Gasteiger partial charge in [-0.2, -0.15) is 0 Å². The van der Waals surface area contributed by atoms with E-state index in [1.165, 1.54) is 24.0 Å². The molecule has 0 bridgehead atoms. The van der Waals surface area contributed by atoms with Crippen LogP contribution >= 0.6 is 11.8 Å². The summed E-state index contributed by atoms with van der Waals surface area (Å²) in [5.41, 5.74) is 2.36. The summed E-state index contributed by atoms with van der Waals surface area (Å²) in [6, 6.07) is 11.8. The Hall–Kier alpha value is -5.10. The van der Waals surface area contributed by atoms with Gasteiger partial charge in [0.1, 0.15) is 29.9 Å². The van der Waals surface area contributed by atoms with Crippen LogP contribution in [-0.4, -0.2) is 125 Å². The summed E-state index contributed by atoms with van der Waals surface area (Å²) >= 11 is 1.45. The van der Waals surface area contributed by atoms with Gasteiger partial charge in [0.25, 0.3) is 17.5 Å². The summed E-state index contributed by atoms with van der Waals surface area (Å²) in [4.78, 5) is 75.2. The Balaban J connectivity index is 0.676. The summed E-state index contributed by atoms with van der Waals surface area (Å²) in [5, 5.41) is 16.7. The molecule has 1 aliphatic carbocycles. The van der Waals surface area contributed by atoms with Gasteiger partial charge in [0.15, 0.2) is 0 Å². The van der Waals surface area contributed by atoms with Gasteiger partial charge in [-0.3, -0.25) is 44.4 Å². The summed E-state index contributed by atoms with van der Waals surface area (Å²) < 4.78 is 12.7. The van der Waals surface area contributed by atoms with Gasteiger partial charge in [-0.05, 0) is 55.7 Å². The Bertz CT molecular complexity index is 2100. The SMILES string of the molecule is O=C1CCC(N2C(=O)c3ccc(N4CCN(CCN5CCC(O[C@H]6C[C@H](Oc7ccc8c(c7)Sc7cc([N+](=O)[O-])cnc7N8)C6)CC5)CC4)cc3C2=O)C(=O)N1. The number of ether oxygens (including phenoxy) is 2. The number of likely N-dealkylation sites (tertiary alicyclic amines) is 1. The number of pyridine rings is 1. The first kappa shape index (κ1) is 36.5. The van der Waals surface area contributed by atoms with Crippen molar-refractivity contribution in [1.82, 2.24) is 25.0 Å². The molecule has 0 radical (unpaired) electrons. The second-order valence-corrected chi connectivity index (χ2v) is 16.3. The van der Waals surface area contributed by atoms with E-state index in [4.69, 9.17) is 9.47 Å². The molecule has 6 heterocycles. The zero-order chi connectivity index (χ0) is 38.5. The number of amides is 4. The fourth-order valence-electron chi connectivity index (χ4n) is 8.34. The minimum Gasteiger partial charge on any atom is -0.490 e. The van der Waals surface area contributed by atoms with Gasteiger partial charge >= 0.3 is 0 Å². The molecule has 1 aromatic heterocycles.